The van der Waals surface area contributed by atoms with Crippen molar-refractivity contribution in [2.45, 2.75) is 13.8 Å². The molecule has 0 fully saturated rings. The van der Waals surface area contributed by atoms with Crippen LogP contribution >= 0.6 is 11.6 Å². The number of carbonyl (C=O) groups excluding carboxylic acids is 1. The van der Waals surface area contributed by atoms with Crippen molar-refractivity contribution in [1.82, 2.24) is 5.32 Å². The lowest BCUT2D eigenvalue weighted by molar-refractivity contribution is 0.0956. The number of nitrogen functional groups attached to an aromatic ring is 1. The number of benzene rings is 2. The normalized spacial score (nSPS) is 10.2. The third-order valence-corrected chi connectivity index (χ3v) is 3.37. The summed E-state index contributed by atoms with van der Waals surface area (Å²) >= 11 is 6.15. The van der Waals surface area contributed by atoms with Crippen LogP contribution in [0.3, 0.4) is 0 Å². The molecule has 110 valence electrons. The van der Waals surface area contributed by atoms with Gasteiger partial charge in [0.2, 0.25) is 0 Å². The summed E-state index contributed by atoms with van der Waals surface area (Å²) < 4.78 is 0. The van der Waals surface area contributed by atoms with Crippen molar-refractivity contribution in [2.24, 2.45) is 0 Å². The molecule has 2 rings (SSSR count). The van der Waals surface area contributed by atoms with Gasteiger partial charge in [0.05, 0.1) is 22.1 Å². The molecule has 21 heavy (non-hydrogen) atoms. The average molecular weight is 304 g/mol. The summed E-state index contributed by atoms with van der Waals surface area (Å²) in [5.41, 5.74) is 9.64. The van der Waals surface area contributed by atoms with Crippen LogP contribution in [0.1, 0.15) is 22.8 Å². The molecule has 0 radical (unpaired) electrons. The van der Waals surface area contributed by atoms with Crippen LogP contribution in [0.15, 0.2) is 36.4 Å². The van der Waals surface area contributed by atoms with Crippen LogP contribution in [-0.2, 0) is 0 Å². The van der Waals surface area contributed by atoms with Crippen molar-refractivity contribution in [2.75, 3.05) is 17.6 Å². The van der Waals surface area contributed by atoms with Crippen LogP contribution in [0, 0.1) is 6.92 Å². The molecule has 0 bridgehead atoms. The Hall–Kier alpha value is -2.20. The summed E-state index contributed by atoms with van der Waals surface area (Å²) in [7, 11) is 0. The zero-order valence-electron chi connectivity index (χ0n) is 12.0. The molecule has 0 aliphatic rings. The predicted molar refractivity (Wildman–Crippen MR) is 88.3 cm³/mol. The van der Waals surface area contributed by atoms with E-state index in [1.165, 1.54) is 0 Å². The Morgan fingerprint density at radius 2 is 1.95 bits per heavy atom. The zero-order chi connectivity index (χ0) is 15.4. The first-order chi connectivity index (χ1) is 10.0. The van der Waals surface area contributed by atoms with Crippen LogP contribution in [0.25, 0.3) is 0 Å². The van der Waals surface area contributed by atoms with Gasteiger partial charge in [0, 0.05) is 12.1 Å². The van der Waals surface area contributed by atoms with E-state index in [9.17, 15) is 4.79 Å². The minimum Gasteiger partial charge on any atom is -0.397 e. The molecule has 0 heterocycles. The van der Waals surface area contributed by atoms with Gasteiger partial charge in [-0.2, -0.15) is 0 Å². The molecular weight excluding hydrogens is 286 g/mol. The van der Waals surface area contributed by atoms with Crippen LogP contribution in [0.4, 0.5) is 17.1 Å². The first kappa shape index (κ1) is 15.2. The van der Waals surface area contributed by atoms with E-state index < -0.39 is 0 Å². The molecule has 0 atom stereocenters. The molecule has 0 saturated heterocycles. The van der Waals surface area contributed by atoms with Gasteiger partial charge in [-0.3, -0.25) is 4.79 Å². The second-order valence-electron chi connectivity index (χ2n) is 4.77. The van der Waals surface area contributed by atoms with Gasteiger partial charge in [-0.1, -0.05) is 17.7 Å². The highest BCUT2D eigenvalue weighted by Crippen LogP contribution is 2.29. The maximum atomic E-state index is 11.8. The number of aryl methyl sites for hydroxylation is 1. The molecule has 0 spiro atoms. The Kier molecular flexibility index (Phi) is 4.70. The second-order valence-corrected chi connectivity index (χ2v) is 5.18. The molecule has 0 aliphatic carbocycles. The van der Waals surface area contributed by atoms with E-state index in [-0.39, 0.29) is 5.91 Å². The molecule has 0 aliphatic heterocycles. The number of amides is 1. The largest absolute Gasteiger partial charge is 0.397 e. The topological polar surface area (TPSA) is 67.2 Å². The number of nitrogens with two attached hydrogens (primary N) is 1. The first-order valence-electron chi connectivity index (χ1n) is 6.72. The highest BCUT2D eigenvalue weighted by atomic mass is 35.5. The van der Waals surface area contributed by atoms with E-state index in [0.717, 1.165) is 16.9 Å². The standard InChI is InChI=1S/C16H18ClN3O/c1-3-19-16(21)11-5-7-14(13(18)9-11)20-15-8-10(2)4-6-12(15)17/h4-9,20H,3,18H2,1-2H3,(H,19,21). The summed E-state index contributed by atoms with van der Waals surface area (Å²) in [6.45, 7) is 4.44. The van der Waals surface area contributed by atoms with Crippen molar-refractivity contribution in [3.8, 4) is 0 Å². The van der Waals surface area contributed by atoms with Gasteiger partial charge in [-0.15, -0.1) is 0 Å². The van der Waals surface area contributed by atoms with Gasteiger partial charge in [0.1, 0.15) is 0 Å². The lowest BCUT2D eigenvalue weighted by Gasteiger charge is -2.12. The Labute approximate surface area is 129 Å². The average Bonchev–Trinajstić information content (AvgIpc) is 2.45. The van der Waals surface area contributed by atoms with E-state index in [4.69, 9.17) is 17.3 Å². The van der Waals surface area contributed by atoms with Gasteiger partial charge < -0.3 is 16.4 Å². The Bertz CT molecular complexity index is 671. The van der Waals surface area contributed by atoms with Crippen molar-refractivity contribution in [1.29, 1.82) is 0 Å². The molecule has 4 nitrogen and oxygen atoms in total. The third kappa shape index (κ3) is 3.67. The van der Waals surface area contributed by atoms with Crippen LogP contribution < -0.4 is 16.4 Å². The monoisotopic (exact) mass is 303 g/mol. The number of anilines is 3. The molecule has 1 amide bonds. The van der Waals surface area contributed by atoms with Crippen molar-refractivity contribution < 1.29 is 4.79 Å². The maximum absolute atomic E-state index is 11.8. The summed E-state index contributed by atoms with van der Waals surface area (Å²) in [5.74, 6) is -0.135. The lowest BCUT2D eigenvalue weighted by Crippen LogP contribution is -2.22. The maximum Gasteiger partial charge on any atom is 0.251 e. The van der Waals surface area contributed by atoms with Crippen LogP contribution in [0.2, 0.25) is 5.02 Å². The molecule has 2 aromatic rings. The SMILES string of the molecule is CCNC(=O)c1ccc(Nc2cc(C)ccc2Cl)c(N)c1. The molecule has 5 heteroatoms. The minimum atomic E-state index is -0.135. The summed E-state index contributed by atoms with van der Waals surface area (Å²) in [5, 5.41) is 6.55. The van der Waals surface area contributed by atoms with Gasteiger partial charge in [-0.05, 0) is 49.7 Å². The number of hydrogen-bond donors (Lipinski definition) is 3. The van der Waals surface area contributed by atoms with Crippen molar-refractivity contribution >= 4 is 34.6 Å². The van der Waals surface area contributed by atoms with E-state index in [1.54, 1.807) is 18.2 Å². The van der Waals surface area contributed by atoms with Crippen LogP contribution in [-0.4, -0.2) is 12.5 Å². The number of nitrogens with one attached hydrogen (secondary N) is 2. The second kappa shape index (κ2) is 6.50. The number of rotatable bonds is 4. The highest BCUT2D eigenvalue weighted by molar-refractivity contribution is 6.33. The lowest BCUT2D eigenvalue weighted by atomic mass is 10.1. The fourth-order valence-corrected chi connectivity index (χ4v) is 2.13. The molecular formula is C16H18ClN3O. The summed E-state index contributed by atoms with van der Waals surface area (Å²) in [6.07, 6.45) is 0. The first-order valence-corrected chi connectivity index (χ1v) is 7.10. The molecule has 4 N–H and O–H groups in total. The number of carbonyl (C=O) groups is 1. The third-order valence-electron chi connectivity index (χ3n) is 3.04. The van der Waals surface area contributed by atoms with Gasteiger partial charge in [0.25, 0.3) is 5.91 Å². The highest BCUT2D eigenvalue weighted by Gasteiger charge is 2.08. The van der Waals surface area contributed by atoms with E-state index in [2.05, 4.69) is 10.6 Å². The van der Waals surface area contributed by atoms with E-state index in [0.29, 0.717) is 22.8 Å². The molecule has 2 aromatic carbocycles. The van der Waals surface area contributed by atoms with E-state index >= 15 is 0 Å². The van der Waals surface area contributed by atoms with Crippen molar-refractivity contribution in [3.05, 3.63) is 52.5 Å². The minimum absolute atomic E-state index is 0.135. The van der Waals surface area contributed by atoms with E-state index in [1.807, 2.05) is 32.0 Å². The van der Waals surface area contributed by atoms with Gasteiger partial charge in [-0.25, -0.2) is 0 Å². The van der Waals surface area contributed by atoms with Crippen LogP contribution in [0.5, 0.6) is 0 Å². The molecule has 0 unspecified atom stereocenters. The summed E-state index contributed by atoms with van der Waals surface area (Å²) in [6, 6.07) is 10.9. The fourth-order valence-electron chi connectivity index (χ4n) is 1.96. The summed E-state index contributed by atoms with van der Waals surface area (Å²) in [4.78, 5) is 11.8. The molecule has 0 aromatic heterocycles. The molecule has 0 saturated carbocycles. The van der Waals surface area contributed by atoms with Crippen molar-refractivity contribution in [3.63, 3.8) is 0 Å². The quantitative estimate of drug-likeness (QED) is 0.754. The zero-order valence-corrected chi connectivity index (χ0v) is 12.8. The fraction of sp³-hybridized carbons (Fsp3) is 0.188. The number of hydrogen-bond acceptors (Lipinski definition) is 3. The predicted octanol–water partition coefficient (Wildman–Crippen LogP) is 3.72. The Morgan fingerprint density at radius 3 is 2.62 bits per heavy atom. The Balaban J connectivity index is 2.25. The number of halogens is 1. The van der Waals surface area contributed by atoms with Gasteiger partial charge >= 0.3 is 0 Å². The Morgan fingerprint density at radius 1 is 1.19 bits per heavy atom. The van der Waals surface area contributed by atoms with Gasteiger partial charge in [0.15, 0.2) is 0 Å². The smallest absolute Gasteiger partial charge is 0.251 e.